The van der Waals surface area contributed by atoms with Crippen molar-refractivity contribution in [1.29, 1.82) is 0 Å². The molecule has 6 heteroatoms. The third kappa shape index (κ3) is 3.53. The van der Waals surface area contributed by atoms with Gasteiger partial charge in [0.25, 0.3) is 5.91 Å². The highest BCUT2D eigenvalue weighted by Crippen LogP contribution is 2.22. The molecule has 2 aromatic rings. The van der Waals surface area contributed by atoms with Crippen molar-refractivity contribution < 1.29 is 14.3 Å². The first-order valence-corrected chi connectivity index (χ1v) is 7.92. The number of aromatic nitrogens is 1. The van der Waals surface area contributed by atoms with Crippen LogP contribution in [0.3, 0.4) is 0 Å². The van der Waals surface area contributed by atoms with Gasteiger partial charge in [-0.15, -0.1) is 0 Å². The van der Waals surface area contributed by atoms with Crippen molar-refractivity contribution in [3.8, 4) is 0 Å². The van der Waals surface area contributed by atoms with E-state index in [9.17, 15) is 9.59 Å². The summed E-state index contributed by atoms with van der Waals surface area (Å²) in [5.41, 5.74) is 2.50. The van der Waals surface area contributed by atoms with Crippen LogP contribution in [0.4, 0.5) is 10.5 Å². The van der Waals surface area contributed by atoms with Gasteiger partial charge in [-0.3, -0.25) is 14.7 Å². The Labute approximate surface area is 140 Å². The Hall–Kier alpha value is -2.89. The SMILES string of the molecule is CCc1ccc(N2CC(CNC(=O)c3cccnc3)OC2=O)cc1. The molecule has 1 atom stereocenters. The number of nitrogens with zero attached hydrogens (tertiary/aromatic N) is 2. The molecular weight excluding hydrogens is 306 g/mol. The van der Waals surface area contributed by atoms with Gasteiger partial charge in [-0.2, -0.15) is 0 Å². The zero-order valence-corrected chi connectivity index (χ0v) is 13.4. The number of hydrogen-bond donors (Lipinski definition) is 1. The maximum atomic E-state index is 12.0. The number of amides is 2. The summed E-state index contributed by atoms with van der Waals surface area (Å²) in [5.74, 6) is -0.232. The molecule has 2 amide bonds. The number of carbonyl (C=O) groups excluding carboxylic acids is 2. The van der Waals surface area contributed by atoms with Crippen LogP contribution in [-0.4, -0.2) is 36.2 Å². The minimum Gasteiger partial charge on any atom is -0.442 e. The molecule has 0 saturated carbocycles. The van der Waals surface area contributed by atoms with Crippen molar-refractivity contribution in [2.24, 2.45) is 0 Å². The molecule has 1 saturated heterocycles. The average molecular weight is 325 g/mol. The summed E-state index contributed by atoms with van der Waals surface area (Å²) in [7, 11) is 0. The Balaban J connectivity index is 1.57. The number of rotatable bonds is 5. The highest BCUT2D eigenvalue weighted by molar-refractivity contribution is 5.94. The predicted octanol–water partition coefficient (Wildman–Crippen LogP) is 2.40. The number of carbonyl (C=O) groups is 2. The van der Waals surface area contributed by atoms with Crippen molar-refractivity contribution in [3.63, 3.8) is 0 Å². The lowest BCUT2D eigenvalue weighted by molar-refractivity contribution is 0.0915. The topological polar surface area (TPSA) is 71.5 Å². The molecule has 1 aromatic carbocycles. The van der Waals surface area contributed by atoms with Crippen LogP contribution < -0.4 is 10.2 Å². The van der Waals surface area contributed by atoms with Crippen molar-refractivity contribution in [3.05, 3.63) is 59.9 Å². The van der Waals surface area contributed by atoms with Crippen LogP contribution in [-0.2, 0) is 11.2 Å². The summed E-state index contributed by atoms with van der Waals surface area (Å²) in [5, 5.41) is 2.77. The van der Waals surface area contributed by atoms with E-state index < -0.39 is 0 Å². The summed E-state index contributed by atoms with van der Waals surface area (Å²) >= 11 is 0. The minimum atomic E-state index is -0.389. The monoisotopic (exact) mass is 325 g/mol. The van der Waals surface area contributed by atoms with Gasteiger partial charge in [-0.05, 0) is 36.2 Å². The molecule has 0 radical (unpaired) electrons. The smallest absolute Gasteiger partial charge is 0.414 e. The lowest BCUT2D eigenvalue weighted by atomic mass is 10.1. The fourth-order valence-electron chi connectivity index (χ4n) is 2.56. The van der Waals surface area contributed by atoms with E-state index in [1.165, 1.54) is 11.8 Å². The van der Waals surface area contributed by atoms with Gasteiger partial charge in [0.1, 0.15) is 6.10 Å². The molecule has 1 aliphatic heterocycles. The van der Waals surface area contributed by atoms with E-state index in [-0.39, 0.29) is 24.6 Å². The maximum absolute atomic E-state index is 12.0. The summed E-state index contributed by atoms with van der Waals surface area (Å²) in [4.78, 5) is 29.5. The van der Waals surface area contributed by atoms with Crippen LogP contribution in [0.5, 0.6) is 0 Å². The van der Waals surface area contributed by atoms with Gasteiger partial charge in [0, 0.05) is 18.1 Å². The summed E-state index contributed by atoms with van der Waals surface area (Å²) in [6.45, 7) is 2.76. The fraction of sp³-hybridized carbons (Fsp3) is 0.278. The first kappa shape index (κ1) is 16.0. The van der Waals surface area contributed by atoms with Crippen molar-refractivity contribution >= 4 is 17.7 Å². The third-order valence-electron chi connectivity index (χ3n) is 3.94. The predicted molar refractivity (Wildman–Crippen MR) is 90.0 cm³/mol. The Kier molecular flexibility index (Phi) is 4.74. The number of aryl methyl sites for hydroxylation is 1. The Morgan fingerprint density at radius 1 is 1.33 bits per heavy atom. The minimum absolute atomic E-state index is 0.232. The number of ether oxygens (including phenoxy) is 1. The van der Waals surface area contributed by atoms with Gasteiger partial charge in [0.15, 0.2) is 0 Å². The van der Waals surface area contributed by atoms with E-state index in [1.54, 1.807) is 23.2 Å². The second-order valence-electron chi connectivity index (χ2n) is 5.59. The van der Waals surface area contributed by atoms with Crippen LogP contribution in [0.15, 0.2) is 48.8 Å². The molecule has 0 bridgehead atoms. The highest BCUT2D eigenvalue weighted by Gasteiger charge is 2.32. The Bertz CT molecular complexity index is 716. The lowest BCUT2D eigenvalue weighted by Gasteiger charge is -2.13. The van der Waals surface area contributed by atoms with Crippen LogP contribution >= 0.6 is 0 Å². The number of hydrogen-bond acceptors (Lipinski definition) is 4. The van der Waals surface area contributed by atoms with Crippen LogP contribution in [0.2, 0.25) is 0 Å². The number of pyridine rings is 1. The largest absolute Gasteiger partial charge is 0.442 e. The number of cyclic esters (lactones) is 1. The summed E-state index contributed by atoms with van der Waals surface area (Å²) < 4.78 is 5.33. The van der Waals surface area contributed by atoms with Gasteiger partial charge in [-0.1, -0.05) is 19.1 Å². The molecule has 1 N–H and O–H groups in total. The van der Waals surface area contributed by atoms with Crippen molar-refractivity contribution in [2.75, 3.05) is 18.0 Å². The highest BCUT2D eigenvalue weighted by atomic mass is 16.6. The molecule has 24 heavy (non-hydrogen) atoms. The van der Waals surface area contributed by atoms with Crippen molar-refractivity contribution in [1.82, 2.24) is 10.3 Å². The fourth-order valence-corrected chi connectivity index (χ4v) is 2.56. The molecule has 2 heterocycles. The second kappa shape index (κ2) is 7.12. The zero-order valence-electron chi connectivity index (χ0n) is 13.4. The van der Waals surface area contributed by atoms with Crippen LogP contribution in [0.25, 0.3) is 0 Å². The summed E-state index contributed by atoms with van der Waals surface area (Å²) in [6, 6.07) is 11.2. The average Bonchev–Trinajstić information content (AvgIpc) is 3.01. The van der Waals surface area contributed by atoms with E-state index in [0.29, 0.717) is 12.1 Å². The normalized spacial score (nSPS) is 16.8. The Morgan fingerprint density at radius 3 is 2.79 bits per heavy atom. The molecule has 0 aliphatic carbocycles. The Morgan fingerprint density at radius 2 is 2.12 bits per heavy atom. The van der Waals surface area contributed by atoms with Crippen LogP contribution in [0.1, 0.15) is 22.8 Å². The quantitative estimate of drug-likeness (QED) is 0.916. The summed E-state index contributed by atoms with van der Waals surface area (Å²) in [6.07, 6.45) is 3.30. The number of anilines is 1. The molecule has 124 valence electrons. The van der Waals surface area contributed by atoms with Gasteiger partial charge >= 0.3 is 6.09 Å². The lowest BCUT2D eigenvalue weighted by Crippen LogP contribution is -2.34. The van der Waals surface area contributed by atoms with Crippen molar-refractivity contribution in [2.45, 2.75) is 19.4 Å². The molecule has 6 nitrogen and oxygen atoms in total. The molecule has 3 rings (SSSR count). The van der Waals surface area contributed by atoms with E-state index in [1.807, 2.05) is 24.3 Å². The van der Waals surface area contributed by atoms with E-state index in [2.05, 4.69) is 17.2 Å². The molecule has 1 aliphatic rings. The number of nitrogens with one attached hydrogen (secondary N) is 1. The van der Waals surface area contributed by atoms with Gasteiger partial charge in [-0.25, -0.2) is 4.79 Å². The second-order valence-corrected chi connectivity index (χ2v) is 5.59. The first-order chi connectivity index (χ1) is 11.7. The molecule has 1 fully saturated rings. The van der Waals surface area contributed by atoms with E-state index >= 15 is 0 Å². The molecule has 1 aromatic heterocycles. The third-order valence-corrected chi connectivity index (χ3v) is 3.94. The van der Waals surface area contributed by atoms with E-state index in [0.717, 1.165) is 12.1 Å². The zero-order chi connectivity index (χ0) is 16.9. The van der Waals surface area contributed by atoms with Crippen LogP contribution in [0, 0.1) is 0 Å². The van der Waals surface area contributed by atoms with Gasteiger partial charge in [0.2, 0.25) is 0 Å². The molecular formula is C18H19N3O3. The first-order valence-electron chi connectivity index (χ1n) is 7.92. The van der Waals surface area contributed by atoms with E-state index in [4.69, 9.17) is 4.74 Å². The number of benzene rings is 1. The molecule has 1 unspecified atom stereocenters. The van der Waals surface area contributed by atoms with Gasteiger partial charge in [0.05, 0.1) is 18.7 Å². The van der Waals surface area contributed by atoms with Gasteiger partial charge < -0.3 is 10.1 Å². The maximum Gasteiger partial charge on any atom is 0.414 e. The molecule has 0 spiro atoms. The standard InChI is InChI=1S/C18H19N3O3/c1-2-13-5-7-15(8-6-13)21-12-16(24-18(21)23)11-20-17(22)14-4-3-9-19-10-14/h3-10,16H,2,11-12H2,1H3,(H,20,22).